The molecule has 0 radical (unpaired) electrons. The third-order valence-corrected chi connectivity index (χ3v) is 5.41. The van der Waals surface area contributed by atoms with Crippen molar-refractivity contribution in [1.82, 2.24) is 4.98 Å². The number of hydrogen-bond donors (Lipinski definition) is 2. The number of nitrogens with one attached hydrogen (secondary N) is 1. The van der Waals surface area contributed by atoms with E-state index in [1.807, 2.05) is 24.3 Å². The van der Waals surface area contributed by atoms with E-state index in [1.165, 1.54) is 22.3 Å². The Hall–Kier alpha value is -3.33. The van der Waals surface area contributed by atoms with Crippen molar-refractivity contribution in [1.29, 1.82) is 0 Å². The van der Waals surface area contributed by atoms with Crippen LogP contribution in [0.5, 0.6) is 0 Å². The first-order valence-corrected chi connectivity index (χ1v) is 9.48. The fraction of sp³-hybridized carbons (Fsp3) is 0.160. The highest BCUT2D eigenvalue weighted by Gasteiger charge is 2.14. The first-order chi connectivity index (χ1) is 13.5. The minimum atomic E-state index is -0.809. The van der Waals surface area contributed by atoms with Crippen molar-refractivity contribution in [3.63, 3.8) is 0 Å². The van der Waals surface area contributed by atoms with Gasteiger partial charge in [0.15, 0.2) is 0 Å². The summed E-state index contributed by atoms with van der Waals surface area (Å²) in [6.45, 7) is 4.25. The Bertz CT molecular complexity index is 1150. The monoisotopic (exact) mass is 369 g/mol. The summed E-state index contributed by atoms with van der Waals surface area (Å²) in [5, 5.41) is 10.3. The molecule has 0 atom stereocenters. The predicted octanol–water partition coefficient (Wildman–Crippen LogP) is 5.67. The number of hydrogen-bond acceptors (Lipinski definition) is 1. The smallest absolute Gasteiger partial charge is 0.307 e. The van der Waals surface area contributed by atoms with E-state index in [4.69, 9.17) is 0 Å². The van der Waals surface area contributed by atoms with Crippen molar-refractivity contribution >= 4 is 16.9 Å². The molecule has 28 heavy (non-hydrogen) atoms. The van der Waals surface area contributed by atoms with Crippen LogP contribution in [-0.2, 0) is 17.6 Å². The van der Waals surface area contributed by atoms with Crippen molar-refractivity contribution < 1.29 is 9.90 Å². The van der Waals surface area contributed by atoms with Crippen molar-refractivity contribution in [2.75, 3.05) is 0 Å². The van der Waals surface area contributed by atoms with Gasteiger partial charge in [0.05, 0.1) is 6.42 Å². The molecule has 0 bridgehead atoms. The third kappa shape index (κ3) is 3.56. The second-order valence-corrected chi connectivity index (χ2v) is 7.37. The molecule has 0 fully saturated rings. The lowest BCUT2D eigenvalue weighted by molar-refractivity contribution is -0.136. The van der Waals surface area contributed by atoms with E-state index in [1.54, 1.807) is 0 Å². The Kier molecular flexibility index (Phi) is 4.74. The Morgan fingerprint density at radius 1 is 0.893 bits per heavy atom. The van der Waals surface area contributed by atoms with Crippen LogP contribution in [0.25, 0.3) is 22.0 Å². The van der Waals surface area contributed by atoms with Crippen LogP contribution in [0.3, 0.4) is 0 Å². The average molecular weight is 369 g/mol. The van der Waals surface area contributed by atoms with Crippen LogP contribution < -0.4 is 0 Å². The van der Waals surface area contributed by atoms with Gasteiger partial charge in [-0.05, 0) is 53.3 Å². The molecular weight excluding hydrogens is 346 g/mol. The van der Waals surface area contributed by atoms with E-state index in [-0.39, 0.29) is 6.42 Å². The maximum Gasteiger partial charge on any atom is 0.307 e. The first kappa shape index (κ1) is 18.1. The molecule has 4 aromatic rings. The molecule has 3 nitrogen and oxygen atoms in total. The Morgan fingerprint density at radius 2 is 1.61 bits per heavy atom. The summed E-state index contributed by atoms with van der Waals surface area (Å²) < 4.78 is 0. The standard InChI is InChI=1S/C25H23NO2/c1-16-7-10-20(13-17(16)2)19-11-8-18(9-12-19)14-24-22(15-25(27)28)21-5-3-4-6-23(21)26-24/h3-13,26H,14-15H2,1-2H3,(H,27,28). The van der Waals surface area contributed by atoms with Crippen LogP contribution in [0.2, 0.25) is 0 Å². The van der Waals surface area contributed by atoms with Gasteiger partial charge in [0, 0.05) is 23.0 Å². The zero-order valence-corrected chi connectivity index (χ0v) is 16.1. The molecule has 0 saturated heterocycles. The molecule has 1 heterocycles. The Balaban J connectivity index is 1.64. The van der Waals surface area contributed by atoms with Gasteiger partial charge in [0.25, 0.3) is 0 Å². The molecule has 2 N–H and O–H groups in total. The average Bonchev–Trinajstić information content (AvgIpc) is 3.01. The maximum atomic E-state index is 11.4. The lowest BCUT2D eigenvalue weighted by atomic mass is 9.98. The van der Waals surface area contributed by atoms with Crippen molar-refractivity contribution in [2.24, 2.45) is 0 Å². The van der Waals surface area contributed by atoms with Crippen LogP contribution in [0, 0.1) is 13.8 Å². The summed E-state index contributed by atoms with van der Waals surface area (Å²) in [4.78, 5) is 14.8. The van der Waals surface area contributed by atoms with Gasteiger partial charge in [0.1, 0.15) is 0 Å². The van der Waals surface area contributed by atoms with E-state index < -0.39 is 5.97 Å². The number of benzene rings is 3. The summed E-state index contributed by atoms with van der Waals surface area (Å²) in [6, 6.07) is 22.9. The molecule has 0 spiro atoms. The molecule has 0 aliphatic heterocycles. The van der Waals surface area contributed by atoms with E-state index in [0.717, 1.165) is 27.7 Å². The molecule has 3 heteroatoms. The van der Waals surface area contributed by atoms with E-state index in [0.29, 0.717) is 6.42 Å². The summed E-state index contributed by atoms with van der Waals surface area (Å²) in [5.41, 5.74) is 8.99. The molecular formula is C25H23NO2. The van der Waals surface area contributed by atoms with Crippen LogP contribution in [0.4, 0.5) is 0 Å². The van der Waals surface area contributed by atoms with Crippen LogP contribution in [-0.4, -0.2) is 16.1 Å². The van der Waals surface area contributed by atoms with E-state index in [2.05, 4.69) is 61.3 Å². The van der Waals surface area contributed by atoms with Crippen LogP contribution in [0.15, 0.2) is 66.7 Å². The Labute approximate surface area is 164 Å². The fourth-order valence-electron chi connectivity index (χ4n) is 3.70. The van der Waals surface area contributed by atoms with Crippen molar-refractivity contribution in [3.05, 3.63) is 94.7 Å². The number of aryl methyl sites for hydroxylation is 2. The van der Waals surface area contributed by atoms with Gasteiger partial charge in [0.2, 0.25) is 0 Å². The number of H-pyrrole nitrogens is 1. The summed E-state index contributed by atoms with van der Waals surface area (Å²) >= 11 is 0. The molecule has 0 saturated carbocycles. The molecule has 0 amide bonds. The third-order valence-electron chi connectivity index (χ3n) is 5.41. The quantitative estimate of drug-likeness (QED) is 0.476. The maximum absolute atomic E-state index is 11.4. The highest BCUT2D eigenvalue weighted by molar-refractivity contribution is 5.88. The number of carboxylic acids is 1. The van der Waals surface area contributed by atoms with Crippen molar-refractivity contribution in [3.8, 4) is 11.1 Å². The van der Waals surface area contributed by atoms with Gasteiger partial charge < -0.3 is 10.1 Å². The second-order valence-electron chi connectivity index (χ2n) is 7.37. The van der Waals surface area contributed by atoms with Gasteiger partial charge in [-0.1, -0.05) is 60.7 Å². The van der Waals surface area contributed by atoms with E-state index in [9.17, 15) is 9.90 Å². The number of aromatic nitrogens is 1. The second kappa shape index (κ2) is 7.35. The fourth-order valence-corrected chi connectivity index (χ4v) is 3.70. The number of aromatic amines is 1. The largest absolute Gasteiger partial charge is 0.481 e. The van der Waals surface area contributed by atoms with Crippen molar-refractivity contribution in [2.45, 2.75) is 26.7 Å². The molecule has 140 valence electrons. The normalized spacial score (nSPS) is 11.1. The number of aliphatic carboxylic acids is 1. The number of para-hydroxylation sites is 1. The predicted molar refractivity (Wildman–Crippen MR) is 114 cm³/mol. The van der Waals surface area contributed by atoms with Gasteiger partial charge in [-0.25, -0.2) is 0 Å². The number of rotatable bonds is 5. The summed E-state index contributed by atoms with van der Waals surface area (Å²) in [6.07, 6.45) is 0.713. The van der Waals surface area contributed by atoms with E-state index >= 15 is 0 Å². The zero-order chi connectivity index (χ0) is 19.7. The van der Waals surface area contributed by atoms with Crippen LogP contribution in [0.1, 0.15) is 27.9 Å². The summed E-state index contributed by atoms with van der Waals surface area (Å²) in [7, 11) is 0. The lowest BCUT2D eigenvalue weighted by Gasteiger charge is -2.08. The molecule has 0 aliphatic rings. The van der Waals surface area contributed by atoms with Gasteiger partial charge in [-0.15, -0.1) is 0 Å². The number of fused-ring (bicyclic) bond motifs is 1. The number of carbonyl (C=O) groups is 1. The summed E-state index contributed by atoms with van der Waals surface area (Å²) in [5.74, 6) is -0.809. The highest BCUT2D eigenvalue weighted by Crippen LogP contribution is 2.27. The minimum Gasteiger partial charge on any atom is -0.481 e. The highest BCUT2D eigenvalue weighted by atomic mass is 16.4. The molecule has 0 unspecified atom stereocenters. The SMILES string of the molecule is Cc1ccc(-c2ccc(Cc3[nH]c4ccccc4c3CC(=O)O)cc2)cc1C. The molecule has 3 aromatic carbocycles. The van der Waals surface area contributed by atoms with Crippen LogP contribution >= 0.6 is 0 Å². The minimum absolute atomic E-state index is 0.0279. The number of carboxylic acid groups (broad SMARTS) is 1. The van der Waals surface area contributed by atoms with Gasteiger partial charge in [-0.2, -0.15) is 0 Å². The zero-order valence-electron chi connectivity index (χ0n) is 16.1. The molecule has 0 aliphatic carbocycles. The molecule has 4 rings (SSSR count). The van der Waals surface area contributed by atoms with Gasteiger partial charge in [-0.3, -0.25) is 4.79 Å². The lowest BCUT2D eigenvalue weighted by Crippen LogP contribution is -2.03. The van der Waals surface area contributed by atoms with Gasteiger partial charge >= 0.3 is 5.97 Å². The molecule has 1 aromatic heterocycles. The first-order valence-electron chi connectivity index (χ1n) is 9.48. The Morgan fingerprint density at radius 3 is 2.32 bits per heavy atom. The topological polar surface area (TPSA) is 53.1 Å².